The van der Waals surface area contributed by atoms with Crippen LogP contribution in [0.25, 0.3) is 0 Å². The molecule has 0 aliphatic carbocycles. The Kier molecular flexibility index (Phi) is 47.9. The van der Waals surface area contributed by atoms with Crippen LogP contribution in [-0.4, -0.2) is 58.0 Å². The summed E-state index contributed by atoms with van der Waals surface area (Å²) in [6, 6.07) is 14.0. The van der Waals surface area contributed by atoms with Crippen molar-refractivity contribution in [3.05, 3.63) is 131 Å². The van der Waals surface area contributed by atoms with Gasteiger partial charge in [0.15, 0.2) is 116 Å². The summed E-state index contributed by atoms with van der Waals surface area (Å²) < 4.78 is 213. The molecule has 18 nitrogen and oxygen atoms in total. The number of aliphatic hydroxyl groups is 1. The van der Waals surface area contributed by atoms with Gasteiger partial charge < -0.3 is 38.3 Å². The zero-order chi connectivity index (χ0) is 78.3. The van der Waals surface area contributed by atoms with Crippen LogP contribution in [0.5, 0.6) is 40.2 Å². The van der Waals surface area contributed by atoms with Gasteiger partial charge in [-0.2, -0.15) is 52.6 Å². The number of nitrogens with zero attached hydrogens (tertiary/aromatic N) is 10. The molecular formula is C73H77F13N10O8. The van der Waals surface area contributed by atoms with E-state index in [9.17, 15) is 62.3 Å². The number of unbranched alkanes of at least 4 members (excludes halogenated alkanes) is 8. The number of halogens is 13. The zero-order valence-electron chi connectivity index (χ0n) is 57.7. The minimum atomic E-state index is -1.86. The average Bonchev–Trinajstić information content (AvgIpc) is 0.801. The van der Waals surface area contributed by atoms with Gasteiger partial charge in [0.2, 0.25) is 0 Å². The van der Waals surface area contributed by atoms with Gasteiger partial charge in [0.1, 0.15) is 116 Å². The summed E-state index contributed by atoms with van der Waals surface area (Å²) in [5.41, 5.74) is -8.12. The molecule has 5 aromatic rings. The van der Waals surface area contributed by atoms with Crippen molar-refractivity contribution in [1.29, 1.82) is 52.6 Å². The zero-order valence-corrected chi connectivity index (χ0v) is 57.7. The van der Waals surface area contributed by atoms with E-state index < -0.39 is 154 Å². The maximum Gasteiger partial charge on any atom is 0.188 e. The Bertz CT molecular complexity index is 3850. The van der Waals surface area contributed by atoms with Gasteiger partial charge >= 0.3 is 0 Å². The first-order chi connectivity index (χ1) is 49.4. The second-order valence-electron chi connectivity index (χ2n) is 20.7. The van der Waals surface area contributed by atoms with Crippen molar-refractivity contribution < 1.29 is 95.3 Å². The van der Waals surface area contributed by atoms with Crippen molar-refractivity contribution in [2.45, 2.75) is 166 Å². The molecule has 0 fully saturated rings. The fourth-order valence-corrected chi connectivity index (χ4v) is 7.54. The van der Waals surface area contributed by atoms with Crippen LogP contribution < -0.4 is 33.2 Å². The second kappa shape index (κ2) is 52.6. The van der Waals surface area contributed by atoms with Crippen LogP contribution in [0.2, 0.25) is 0 Å². The summed E-state index contributed by atoms with van der Waals surface area (Å²) >= 11 is 0. The van der Waals surface area contributed by atoms with E-state index >= 15 is 0 Å². The lowest BCUT2D eigenvalue weighted by molar-refractivity contribution is 0.257. The number of hydrogen-bond acceptors (Lipinski definition) is 18. The Labute approximate surface area is 596 Å². The number of ether oxygens (including phenoxy) is 7. The first kappa shape index (κ1) is 94.7. The van der Waals surface area contributed by atoms with Crippen molar-refractivity contribution in [3.63, 3.8) is 0 Å². The topological polar surface area (TPSA) is 323 Å². The standard InChI is InChI=1S/3C16H18F2N2O2.C12H9F3N2O.C8F4N2.C4H10O.CH4/c1-3-5-7-21-15-11(9-19)14(18)16(22-8-6-4-2)12(10-20)13(15)17;1-3-5-7-21-15-11(9-19)13(17)14(18)12(10-20)16(15)22-8-6-4-2;1-3-5-7-21-15-12(10-20)16(22-8-6-4-2)14(18)11(9-19)13(15)17;1-2-3-4-18-12-8(6-17)10(14)9(13)7(5-16)11(12)15;9-5-3(1-13)6(10)8(12)4(2-14)7(5)11;1-2-3-4-5;/h3*3-8H2,1-2H3;2-4H2,1H3;;5H,2-4H2,1H3;1H4. The summed E-state index contributed by atoms with van der Waals surface area (Å²) in [6.07, 6.45) is 12.2. The molecule has 0 spiro atoms. The third-order valence-electron chi connectivity index (χ3n) is 13.3. The molecule has 0 bridgehead atoms. The van der Waals surface area contributed by atoms with Gasteiger partial charge in [-0.15, -0.1) is 0 Å². The third-order valence-corrected chi connectivity index (χ3v) is 13.3. The summed E-state index contributed by atoms with van der Waals surface area (Å²) in [4.78, 5) is 0. The Morgan fingerprint density at radius 2 is 0.346 bits per heavy atom. The molecule has 1 N–H and O–H groups in total. The minimum Gasteiger partial charge on any atom is -0.489 e. The minimum absolute atomic E-state index is 0. The van der Waals surface area contributed by atoms with E-state index in [0.29, 0.717) is 51.6 Å². The molecule has 0 saturated heterocycles. The van der Waals surface area contributed by atoms with Crippen LogP contribution in [0.15, 0.2) is 0 Å². The number of nitriles is 10. The van der Waals surface area contributed by atoms with E-state index in [4.69, 9.17) is 85.6 Å². The fraction of sp³-hybridized carbons (Fsp3) is 0.452. The van der Waals surface area contributed by atoms with Crippen LogP contribution in [0, 0.1) is 189 Å². The van der Waals surface area contributed by atoms with Crippen LogP contribution in [0.3, 0.4) is 0 Å². The van der Waals surface area contributed by atoms with Crippen molar-refractivity contribution in [2.24, 2.45) is 0 Å². The highest BCUT2D eigenvalue weighted by atomic mass is 19.2. The molecule has 558 valence electrons. The van der Waals surface area contributed by atoms with Crippen LogP contribution >= 0.6 is 0 Å². The second-order valence-corrected chi connectivity index (χ2v) is 20.7. The normalized spacial score (nSPS) is 9.62. The van der Waals surface area contributed by atoms with Gasteiger partial charge in [-0.25, -0.2) is 57.1 Å². The highest BCUT2D eigenvalue weighted by Crippen LogP contribution is 2.41. The number of hydrogen-bond donors (Lipinski definition) is 1. The molecule has 0 aliphatic heterocycles. The predicted octanol–water partition coefficient (Wildman–Crippen LogP) is 18.6. The highest BCUT2D eigenvalue weighted by Gasteiger charge is 2.32. The van der Waals surface area contributed by atoms with Crippen LogP contribution in [-0.2, 0) is 0 Å². The summed E-state index contributed by atoms with van der Waals surface area (Å²) in [7, 11) is 0. The molecule has 0 aliphatic rings. The molecule has 5 aromatic carbocycles. The first-order valence-electron chi connectivity index (χ1n) is 32.1. The molecule has 0 amide bonds. The largest absolute Gasteiger partial charge is 0.489 e. The molecule has 0 heterocycles. The maximum absolute atomic E-state index is 14.4. The molecular weight excluding hydrogens is 1390 g/mol. The summed E-state index contributed by atoms with van der Waals surface area (Å²) in [5.74, 6) is -22.2. The molecule has 0 atom stereocenters. The summed E-state index contributed by atoms with van der Waals surface area (Å²) in [6.45, 7) is 17.0. The molecule has 0 radical (unpaired) electrons. The monoisotopic (exact) mass is 1470 g/mol. The third kappa shape index (κ3) is 26.6. The highest BCUT2D eigenvalue weighted by molar-refractivity contribution is 5.63. The lowest BCUT2D eigenvalue weighted by atomic mass is 10.1. The van der Waals surface area contributed by atoms with Crippen molar-refractivity contribution in [1.82, 2.24) is 0 Å². The quantitative estimate of drug-likeness (QED) is 0.0253. The molecule has 31 heteroatoms. The fourth-order valence-electron chi connectivity index (χ4n) is 7.54. The SMILES string of the molecule is C.CCCCO.CCCCOc1c(C#N)c(F)c(F)c(C#N)c1OCCCC.CCCCOc1c(F)c(C#N)c(F)c(F)c1C#N.CCCCOc1c(F)c(C#N)c(F)c(OCCCC)c1C#N.CCCCOc1c(F)c(C#N)c(OCCCC)c(F)c1C#N.N#Cc1c(F)c(F)c(C#N)c(F)c1F. The molecule has 0 saturated carbocycles. The lowest BCUT2D eigenvalue weighted by Crippen LogP contribution is -2.09. The number of rotatable bonds is 30. The molecule has 104 heavy (non-hydrogen) atoms. The molecule has 5 rings (SSSR count). The van der Waals surface area contributed by atoms with E-state index in [-0.39, 0.29) is 70.7 Å². The van der Waals surface area contributed by atoms with Crippen molar-refractivity contribution >= 4 is 0 Å². The van der Waals surface area contributed by atoms with Gasteiger partial charge in [0, 0.05) is 6.61 Å². The van der Waals surface area contributed by atoms with Crippen molar-refractivity contribution in [2.75, 3.05) is 52.9 Å². The van der Waals surface area contributed by atoms with E-state index in [2.05, 4.69) is 6.92 Å². The lowest BCUT2D eigenvalue weighted by Gasteiger charge is -2.16. The van der Waals surface area contributed by atoms with Gasteiger partial charge in [0.25, 0.3) is 0 Å². The van der Waals surface area contributed by atoms with E-state index in [1.165, 1.54) is 18.2 Å². The van der Waals surface area contributed by atoms with E-state index in [1.54, 1.807) is 30.3 Å². The first-order valence-corrected chi connectivity index (χ1v) is 32.1. The van der Waals surface area contributed by atoms with Gasteiger partial charge in [-0.1, -0.05) is 114 Å². The number of aliphatic hydroxyl groups excluding tert-OH is 1. The Morgan fingerprint density at radius 3 is 0.519 bits per heavy atom. The van der Waals surface area contributed by atoms with E-state index in [1.807, 2.05) is 48.5 Å². The van der Waals surface area contributed by atoms with Gasteiger partial charge in [0.05, 0.1) is 46.2 Å². The summed E-state index contributed by atoms with van der Waals surface area (Å²) in [5, 5.41) is 96.0. The predicted molar refractivity (Wildman–Crippen MR) is 350 cm³/mol. The smallest absolute Gasteiger partial charge is 0.188 e. The van der Waals surface area contributed by atoms with Gasteiger partial charge in [-0.3, -0.25) is 0 Å². The Balaban J connectivity index is 0. The average molecular weight is 1470 g/mol. The van der Waals surface area contributed by atoms with Crippen LogP contribution in [0.4, 0.5) is 57.1 Å². The maximum atomic E-state index is 14.4. The van der Waals surface area contributed by atoms with Gasteiger partial charge in [-0.05, 0) is 51.4 Å². The van der Waals surface area contributed by atoms with Crippen LogP contribution in [0.1, 0.15) is 221 Å². The Hall–Kier alpha value is -11.4. The van der Waals surface area contributed by atoms with Crippen molar-refractivity contribution in [3.8, 4) is 101 Å². The molecule has 0 aromatic heterocycles. The molecule has 0 unspecified atom stereocenters. The number of benzene rings is 5. The van der Waals surface area contributed by atoms with E-state index in [0.717, 1.165) is 69.9 Å². The Morgan fingerprint density at radius 1 is 0.212 bits per heavy atom.